The van der Waals surface area contributed by atoms with Crippen molar-refractivity contribution in [3.63, 3.8) is 0 Å². The van der Waals surface area contributed by atoms with E-state index >= 15 is 0 Å². The van der Waals surface area contributed by atoms with Crippen molar-refractivity contribution >= 4 is 58.9 Å². The molecule has 0 bridgehead atoms. The Hall–Kier alpha value is -4.50. The summed E-state index contributed by atoms with van der Waals surface area (Å²) in [5.74, 6) is -5.93. The molecule has 0 atom stereocenters. The number of carboxylic acid groups (broad SMARTS) is 5. The van der Waals surface area contributed by atoms with E-state index < -0.39 is 41.2 Å². The fraction of sp³-hybridized carbons (Fsp3) is 0.615. The van der Waals surface area contributed by atoms with Crippen LogP contribution in [0.4, 0.5) is 0 Å². The second kappa shape index (κ2) is 31.0. The normalized spacial score (nSPS) is 8.69. The van der Waals surface area contributed by atoms with Gasteiger partial charge in [0.2, 0.25) is 0 Å². The minimum absolute atomic E-state index is 0.00764. The van der Waals surface area contributed by atoms with E-state index in [9.17, 15) is 24.0 Å². The van der Waals surface area contributed by atoms with E-state index in [0.717, 1.165) is 34.6 Å². The maximum Gasteiger partial charge on any atom is 0.313 e. The summed E-state index contributed by atoms with van der Waals surface area (Å²) in [4.78, 5) is 103. The molecule has 0 radical (unpaired) electrons. The summed E-state index contributed by atoms with van der Waals surface area (Å²) in [7, 11) is 0. The van der Waals surface area contributed by atoms with Crippen LogP contribution in [0.2, 0.25) is 0 Å². The number of hydrogen-bond acceptors (Lipinski definition) is 11. The van der Waals surface area contributed by atoms with E-state index in [0.29, 0.717) is 0 Å². The summed E-state index contributed by atoms with van der Waals surface area (Å²) in [5.41, 5.74) is -1.46. The minimum atomic E-state index is -1.46. The Morgan fingerprint density at radius 2 is 0.738 bits per heavy atom. The van der Waals surface area contributed by atoms with Gasteiger partial charge in [-0.3, -0.25) is 43.2 Å². The maximum atomic E-state index is 12.3. The van der Waals surface area contributed by atoms with Crippen LogP contribution in [0.3, 0.4) is 0 Å². The molecule has 0 aliphatic rings. The molecule has 0 saturated carbocycles. The van der Waals surface area contributed by atoms with Crippen LogP contribution in [-0.2, 0) is 52.7 Å². The van der Waals surface area contributed by atoms with Gasteiger partial charge in [0, 0.05) is 66.7 Å². The third-order valence-electron chi connectivity index (χ3n) is 3.17. The van der Waals surface area contributed by atoms with Gasteiger partial charge in [-0.25, -0.2) is 0 Å². The monoisotopic (exact) mass is 612 g/mol. The van der Waals surface area contributed by atoms with Crippen LogP contribution in [0, 0.1) is 5.41 Å². The lowest BCUT2D eigenvalue weighted by molar-refractivity contribution is -0.161. The summed E-state index contributed by atoms with van der Waals surface area (Å²) in [5, 5.41) is 37.1. The zero-order chi connectivity index (χ0) is 35.2. The number of carboxylic acids is 5. The van der Waals surface area contributed by atoms with Crippen LogP contribution in [-0.4, -0.2) is 91.1 Å². The van der Waals surface area contributed by atoms with E-state index in [4.69, 9.17) is 54.2 Å². The molecule has 0 amide bonds. The van der Waals surface area contributed by atoms with Gasteiger partial charge in [0.25, 0.3) is 29.8 Å². The highest BCUT2D eigenvalue weighted by molar-refractivity contribution is 5.95. The topological polar surface area (TPSA) is 281 Å². The van der Waals surface area contributed by atoms with Gasteiger partial charge in [0.15, 0.2) is 0 Å². The van der Waals surface area contributed by atoms with E-state index in [-0.39, 0.29) is 61.8 Å². The van der Waals surface area contributed by atoms with Crippen molar-refractivity contribution < 1.29 is 78.2 Å². The van der Waals surface area contributed by atoms with Crippen molar-refractivity contribution in [2.24, 2.45) is 5.41 Å². The van der Waals surface area contributed by atoms with Crippen LogP contribution < -0.4 is 0 Å². The predicted molar refractivity (Wildman–Crippen MR) is 146 cm³/mol. The molecule has 0 aromatic rings. The number of Topliss-reactive ketones (excluding diaryl/α,β-unsaturated/α-hetero) is 4. The quantitative estimate of drug-likeness (QED) is 0.209. The molecule has 0 aliphatic heterocycles. The highest BCUT2D eigenvalue weighted by atomic mass is 16.5. The van der Waals surface area contributed by atoms with Gasteiger partial charge in [-0.15, -0.1) is 0 Å². The SMILES string of the molecule is CC(=O)O.CC(=O)O.CC(=O)O.CC(=O)O.CC(=O)O.CCOC(=O)C(CC(C)=O)(CC(C)=O)CC(=O)CCC(C)=O. The molecule has 244 valence electrons. The molecule has 42 heavy (non-hydrogen) atoms. The van der Waals surface area contributed by atoms with Crippen molar-refractivity contribution in [3.8, 4) is 0 Å². The summed E-state index contributed by atoms with van der Waals surface area (Å²) in [6.45, 7) is 11.1. The number of rotatable bonds is 11. The number of ketones is 4. The molecular weight excluding hydrogens is 568 g/mol. The average Bonchev–Trinajstić information content (AvgIpc) is 2.69. The first-order chi connectivity index (χ1) is 18.8. The highest BCUT2D eigenvalue weighted by Crippen LogP contribution is 2.34. The molecule has 0 aromatic heterocycles. The average molecular weight is 613 g/mol. The van der Waals surface area contributed by atoms with Crippen LogP contribution in [0.25, 0.3) is 0 Å². The Balaban J connectivity index is -0.000000130. The summed E-state index contributed by atoms with van der Waals surface area (Å²) >= 11 is 0. The van der Waals surface area contributed by atoms with Crippen molar-refractivity contribution in [1.29, 1.82) is 0 Å². The van der Waals surface area contributed by atoms with E-state index in [2.05, 4.69) is 0 Å². The third kappa shape index (κ3) is 70.4. The first kappa shape index (κ1) is 50.3. The van der Waals surface area contributed by atoms with Crippen molar-refractivity contribution in [3.05, 3.63) is 0 Å². The van der Waals surface area contributed by atoms with Gasteiger partial charge in [-0.2, -0.15) is 0 Å². The second-order valence-corrected chi connectivity index (χ2v) is 8.27. The number of carbonyl (C=O) groups excluding carboxylic acids is 5. The smallest absolute Gasteiger partial charge is 0.313 e. The zero-order valence-electron chi connectivity index (χ0n) is 25.5. The summed E-state index contributed by atoms with van der Waals surface area (Å²) in [6.07, 6.45) is -0.642. The highest BCUT2D eigenvalue weighted by Gasteiger charge is 2.43. The van der Waals surface area contributed by atoms with Crippen molar-refractivity contribution in [2.75, 3.05) is 6.61 Å². The van der Waals surface area contributed by atoms with E-state index in [1.54, 1.807) is 6.92 Å². The predicted octanol–water partition coefficient (Wildman–Crippen LogP) is 2.28. The summed E-state index contributed by atoms with van der Waals surface area (Å²) in [6, 6.07) is 0. The molecule has 0 rings (SSSR count). The standard InChI is InChI=1S/C16H24O6.5C2H4O2/c1-5-22-15(21)16(8-12(3)18,9-13(4)19)10-14(20)7-6-11(2)17;5*1-2(3)4/h5-10H2,1-4H3;5*1H3,(H,3,4). The molecule has 16 heteroatoms. The lowest BCUT2D eigenvalue weighted by Crippen LogP contribution is -2.39. The minimum Gasteiger partial charge on any atom is -0.481 e. The number of aliphatic carboxylic acids is 5. The Morgan fingerprint density at radius 1 is 0.476 bits per heavy atom. The number of carbonyl (C=O) groups is 10. The van der Waals surface area contributed by atoms with Gasteiger partial charge < -0.3 is 35.1 Å². The lowest BCUT2D eigenvalue weighted by Gasteiger charge is -2.29. The Bertz CT molecular complexity index is 796. The lowest BCUT2D eigenvalue weighted by atomic mass is 9.74. The number of esters is 1. The van der Waals surface area contributed by atoms with Crippen LogP contribution >= 0.6 is 0 Å². The van der Waals surface area contributed by atoms with Gasteiger partial charge in [-0.1, -0.05) is 0 Å². The summed E-state index contributed by atoms with van der Waals surface area (Å²) < 4.78 is 4.97. The van der Waals surface area contributed by atoms with Gasteiger partial charge in [-0.05, 0) is 27.7 Å². The molecular formula is C26H44O16. The maximum absolute atomic E-state index is 12.3. The molecule has 5 N–H and O–H groups in total. The fourth-order valence-corrected chi connectivity index (χ4v) is 2.42. The van der Waals surface area contributed by atoms with E-state index in [1.165, 1.54) is 20.8 Å². The molecule has 0 aromatic carbocycles. The molecule has 0 heterocycles. The molecule has 16 nitrogen and oxygen atoms in total. The Labute approximate surface area is 244 Å². The fourth-order valence-electron chi connectivity index (χ4n) is 2.42. The van der Waals surface area contributed by atoms with Crippen LogP contribution in [0.5, 0.6) is 0 Å². The van der Waals surface area contributed by atoms with Gasteiger partial charge in [0.05, 0.1) is 12.0 Å². The van der Waals surface area contributed by atoms with Gasteiger partial charge >= 0.3 is 5.97 Å². The largest absolute Gasteiger partial charge is 0.481 e. The number of ether oxygens (including phenoxy) is 1. The van der Waals surface area contributed by atoms with Crippen LogP contribution in [0.15, 0.2) is 0 Å². The molecule has 0 spiro atoms. The second-order valence-electron chi connectivity index (χ2n) is 8.27. The third-order valence-corrected chi connectivity index (χ3v) is 3.17. The molecule has 0 aliphatic carbocycles. The van der Waals surface area contributed by atoms with Crippen molar-refractivity contribution in [1.82, 2.24) is 0 Å². The first-order valence-electron chi connectivity index (χ1n) is 11.9. The molecule has 0 unspecified atom stereocenters. The van der Waals surface area contributed by atoms with E-state index in [1.807, 2.05) is 0 Å². The molecule has 0 saturated heterocycles. The Kier molecular flexibility index (Phi) is 37.2. The number of hydrogen-bond donors (Lipinski definition) is 5. The zero-order valence-corrected chi connectivity index (χ0v) is 25.5. The van der Waals surface area contributed by atoms with Gasteiger partial charge in [0.1, 0.15) is 23.1 Å². The Morgan fingerprint density at radius 3 is 0.929 bits per heavy atom. The van der Waals surface area contributed by atoms with Crippen LogP contribution in [0.1, 0.15) is 94.4 Å². The molecule has 0 fully saturated rings. The first-order valence-corrected chi connectivity index (χ1v) is 11.9. The van der Waals surface area contributed by atoms with Crippen molar-refractivity contribution in [2.45, 2.75) is 94.4 Å².